The minimum atomic E-state index is 0. The van der Waals surface area contributed by atoms with Crippen LogP contribution in [0.25, 0.3) is 0 Å². The van der Waals surface area contributed by atoms with Crippen molar-refractivity contribution in [1.82, 2.24) is 0 Å². The zero-order valence-electron chi connectivity index (χ0n) is 12.3. The van der Waals surface area contributed by atoms with Crippen LogP contribution in [0.4, 0.5) is 0 Å². The molecule has 0 spiro atoms. The molecule has 1 aliphatic rings. The molecule has 0 saturated carbocycles. The number of rotatable bonds is 0. The van der Waals surface area contributed by atoms with E-state index in [0.29, 0.717) is 0 Å². The predicted octanol–water partition coefficient (Wildman–Crippen LogP) is 2.62. The molecule has 0 aliphatic carbocycles. The summed E-state index contributed by atoms with van der Waals surface area (Å²) in [4.78, 5) is 18.1. The topological polar surface area (TPSA) is 49.4 Å². The minimum absolute atomic E-state index is 0. The molecule has 1 aliphatic heterocycles. The van der Waals surface area contributed by atoms with E-state index < -0.39 is 0 Å². The monoisotopic (exact) mass is 306 g/mol. The minimum Gasteiger partial charge on any atom is -0.288 e. The van der Waals surface area contributed by atoms with Crippen LogP contribution in [0.5, 0.6) is 0 Å². The van der Waals surface area contributed by atoms with Crippen molar-refractivity contribution >= 4 is 22.8 Å². The van der Waals surface area contributed by atoms with E-state index in [1.807, 2.05) is 27.7 Å². The summed E-state index contributed by atoms with van der Waals surface area (Å²) in [5.74, 6) is 0. The van der Waals surface area contributed by atoms with Gasteiger partial charge in [-0.2, -0.15) is 0 Å². The molecule has 0 bridgehead atoms. The molecule has 0 amide bonds. The van der Waals surface area contributed by atoms with E-state index >= 15 is 0 Å². The second-order valence-electron chi connectivity index (χ2n) is 4.58. The van der Waals surface area contributed by atoms with Gasteiger partial charge >= 0.3 is 16.5 Å². The van der Waals surface area contributed by atoms with Gasteiger partial charge in [0, 0.05) is 26.2 Å². The number of hydrogen-bond acceptors (Lipinski definition) is 4. The fourth-order valence-electron chi connectivity index (χ4n) is 1.59. The number of hydrogen-bond donors (Lipinski definition) is 0. The summed E-state index contributed by atoms with van der Waals surface area (Å²) in [6.45, 7) is 11.4. The Labute approximate surface area is 126 Å². The maximum atomic E-state index is 4.52. The molecule has 4 nitrogen and oxygen atoms in total. The summed E-state index contributed by atoms with van der Waals surface area (Å²) < 4.78 is 0. The van der Waals surface area contributed by atoms with Gasteiger partial charge in [0.25, 0.3) is 0 Å². The van der Waals surface area contributed by atoms with Crippen molar-refractivity contribution in [1.29, 1.82) is 0 Å². The summed E-state index contributed by atoms with van der Waals surface area (Å²) in [5, 5.41) is 0. The molecule has 1 rings (SSSR count). The molecule has 0 aromatic rings. The van der Waals surface area contributed by atoms with Crippen LogP contribution >= 0.6 is 0 Å². The Balaban J connectivity index is 0.00000324. The summed E-state index contributed by atoms with van der Waals surface area (Å²) in [6, 6.07) is 0. The first-order chi connectivity index (χ1) is 8.61. The van der Waals surface area contributed by atoms with E-state index in [0.717, 1.165) is 61.9 Å². The summed E-state index contributed by atoms with van der Waals surface area (Å²) in [6.07, 6.45) is 1.96. The van der Waals surface area contributed by atoms with Crippen molar-refractivity contribution in [3.05, 3.63) is 0 Å². The van der Waals surface area contributed by atoms with E-state index in [-0.39, 0.29) is 16.5 Å². The molecule has 0 saturated heterocycles. The summed E-state index contributed by atoms with van der Waals surface area (Å²) in [5.41, 5.74) is 4.19. The second-order valence-corrected chi connectivity index (χ2v) is 4.58. The van der Waals surface area contributed by atoms with Gasteiger partial charge in [-0.3, -0.25) is 20.0 Å². The first kappa shape index (κ1) is 18.2. The normalized spacial score (nSPS) is 19.2. The summed E-state index contributed by atoms with van der Waals surface area (Å²) >= 11 is 0. The average molecular weight is 307 g/mol. The van der Waals surface area contributed by atoms with Gasteiger partial charge in [-0.25, -0.2) is 0 Å². The molecular weight excluding hydrogens is 283 g/mol. The van der Waals surface area contributed by atoms with Crippen molar-refractivity contribution in [3.63, 3.8) is 0 Å². The van der Waals surface area contributed by atoms with Crippen LogP contribution in [0.1, 0.15) is 40.5 Å². The van der Waals surface area contributed by atoms with E-state index in [9.17, 15) is 0 Å². The van der Waals surface area contributed by atoms with Crippen molar-refractivity contribution in [3.8, 4) is 0 Å². The zero-order chi connectivity index (χ0) is 13.4. The third-order valence-corrected chi connectivity index (χ3v) is 3.08. The molecule has 19 heavy (non-hydrogen) atoms. The zero-order valence-corrected chi connectivity index (χ0v) is 13.3. The Morgan fingerprint density at radius 2 is 0.737 bits per heavy atom. The molecule has 0 radical (unpaired) electrons. The molecular formula is C14H24N4Ni+2. The second kappa shape index (κ2) is 10.0. The number of aliphatic imine (C=N–C) groups is 4. The van der Waals surface area contributed by atoms with Gasteiger partial charge in [-0.15, -0.1) is 0 Å². The Bertz CT molecular complexity index is 320. The van der Waals surface area contributed by atoms with Gasteiger partial charge in [-0.05, 0) is 40.5 Å². The van der Waals surface area contributed by atoms with Crippen LogP contribution in [0.3, 0.4) is 0 Å². The SMILES string of the molecule is CC1=NCCCN=C(C)C(C)=NCCCN=C1C.[Ni+2]. The predicted molar refractivity (Wildman–Crippen MR) is 81.1 cm³/mol. The van der Waals surface area contributed by atoms with Gasteiger partial charge < -0.3 is 0 Å². The van der Waals surface area contributed by atoms with Crippen LogP contribution in [0.2, 0.25) is 0 Å². The molecule has 0 aromatic heterocycles. The van der Waals surface area contributed by atoms with Crippen LogP contribution in [0, 0.1) is 0 Å². The smallest absolute Gasteiger partial charge is 0.288 e. The van der Waals surface area contributed by atoms with E-state index in [2.05, 4.69) is 20.0 Å². The van der Waals surface area contributed by atoms with E-state index in [1.165, 1.54) is 0 Å². The van der Waals surface area contributed by atoms with Crippen LogP contribution in [-0.2, 0) is 16.5 Å². The molecule has 1 heterocycles. The Morgan fingerprint density at radius 3 is 0.947 bits per heavy atom. The van der Waals surface area contributed by atoms with Crippen molar-refractivity contribution in [2.24, 2.45) is 20.0 Å². The molecule has 0 aromatic carbocycles. The van der Waals surface area contributed by atoms with Gasteiger partial charge in [0.2, 0.25) is 0 Å². The van der Waals surface area contributed by atoms with Crippen molar-refractivity contribution < 1.29 is 16.5 Å². The quantitative estimate of drug-likeness (QED) is 0.618. The van der Waals surface area contributed by atoms with Crippen LogP contribution < -0.4 is 0 Å². The fraction of sp³-hybridized carbons (Fsp3) is 0.714. The van der Waals surface area contributed by atoms with Crippen molar-refractivity contribution in [2.75, 3.05) is 26.2 Å². The van der Waals surface area contributed by atoms with Crippen molar-refractivity contribution in [2.45, 2.75) is 40.5 Å². The Hall–Kier alpha value is -0.826. The molecule has 0 atom stereocenters. The fourth-order valence-corrected chi connectivity index (χ4v) is 1.59. The van der Waals surface area contributed by atoms with Crippen LogP contribution in [0.15, 0.2) is 20.0 Å². The van der Waals surface area contributed by atoms with Crippen LogP contribution in [-0.4, -0.2) is 49.0 Å². The largest absolute Gasteiger partial charge is 2.00 e. The Morgan fingerprint density at radius 1 is 0.526 bits per heavy atom. The summed E-state index contributed by atoms with van der Waals surface area (Å²) in [7, 11) is 0. The third kappa shape index (κ3) is 7.36. The van der Waals surface area contributed by atoms with Gasteiger partial charge in [-0.1, -0.05) is 0 Å². The van der Waals surface area contributed by atoms with Gasteiger partial charge in [0.05, 0.1) is 22.8 Å². The number of nitrogens with zero attached hydrogens (tertiary/aromatic N) is 4. The standard InChI is InChI=1S/C14H24N4.Ni/c1-11-12(2)16-8-6-10-18-14(4)13(3)17-9-5-7-15-11;/h5-10H2,1-4H3;/q;+2. The molecule has 108 valence electrons. The third-order valence-electron chi connectivity index (χ3n) is 3.08. The first-order valence-corrected chi connectivity index (χ1v) is 6.66. The van der Waals surface area contributed by atoms with E-state index in [1.54, 1.807) is 0 Å². The van der Waals surface area contributed by atoms with Gasteiger partial charge in [0.1, 0.15) is 0 Å². The molecule has 5 heteroatoms. The molecule has 0 N–H and O–H groups in total. The maximum absolute atomic E-state index is 4.52. The van der Waals surface area contributed by atoms with E-state index in [4.69, 9.17) is 0 Å². The first-order valence-electron chi connectivity index (χ1n) is 6.66. The maximum Gasteiger partial charge on any atom is 2.00 e. The average Bonchev–Trinajstić information content (AvgIpc) is 2.35. The Kier molecular flexibility index (Phi) is 9.58. The molecule has 0 fully saturated rings. The molecule has 0 unspecified atom stereocenters. The van der Waals surface area contributed by atoms with Gasteiger partial charge in [0.15, 0.2) is 0 Å².